The van der Waals surface area contributed by atoms with Crippen molar-refractivity contribution in [2.24, 2.45) is 0 Å². The van der Waals surface area contributed by atoms with E-state index in [-0.39, 0.29) is 18.6 Å². The zero-order chi connectivity index (χ0) is 17.6. The van der Waals surface area contributed by atoms with E-state index in [1.807, 2.05) is 18.2 Å². The number of likely N-dealkylation sites (tertiary alicyclic amines) is 1. The second-order valence-electron chi connectivity index (χ2n) is 6.50. The van der Waals surface area contributed by atoms with Crippen molar-refractivity contribution in [3.63, 3.8) is 0 Å². The lowest BCUT2D eigenvalue weighted by Gasteiger charge is -2.38. The molecule has 7 nitrogen and oxygen atoms in total. The molecule has 138 valence electrons. The van der Waals surface area contributed by atoms with Crippen molar-refractivity contribution in [3.05, 3.63) is 30.3 Å². The molecule has 0 bridgehead atoms. The Morgan fingerprint density at radius 3 is 2.60 bits per heavy atom. The second kappa shape index (κ2) is 8.62. The van der Waals surface area contributed by atoms with Crippen LogP contribution in [0.1, 0.15) is 6.42 Å². The summed E-state index contributed by atoms with van der Waals surface area (Å²) < 4.78 is 10.9. The van der Waals surface area contributed by atoms with Crippen LogP contribution in [0.3, 0.4) is 0 Å². The summed E-state index contributed by atoms with van der Waals surface area (Å²) in [4.78, 5) is 16.3. The minimum atomic E-state index is -0.869. The van der Waals surface area contributed by atoms with Gasteiger partial charge in [-0.25, -0.2) is 0 Å². The van der Waals surface area contributed by atoms with Crippen LogP contribution >= 0.6 is 0 Å². The maximum Gasteiger partial charge on any atom is 0.260 e. The number of aliphatic hydroxyl groups excluding tert-OH is 2. The van der Waals surface area contributed by atoms with Gasteiger partial charge in [0.25, 0.3) is 5.91 Å². The summed E-state index contributed by atoms with van der Waals surface area (Å²) in [5.41, 5.74) is 0. The summed E-state index contributed by atoms with van der Waals surface area (Å²) in [6, 6.07) is 8.92. The number of aliphatic hydroxyl groups is 2. The molecule has 0 radical (unpaired) electrons. The quantitative estimate of drug-likeness (QED) is 0.777. The highest BCUT2D eigenvalue weighted by Gasteiger charge is 2.37. The van der Waals surface area contributed by atoms with Crippen LogP contribution in [0, 0.1) is 0 Å². The van der Waals surface area contributed by atoms with Crippen LogP contribution in [0.5, 0.6) is 5.75 Å². The predicted molar refractivity (Wildman–Crippen MR) is 91.3 cm³/mol. The SMILES string of the molecule is O=C(COc1ccccc1)N1CC[C@@H](O)[C@@H](O)[C@H](N2CCOCC2)C1. The Kier molecular flexibility index (Phi) is 6.25. The first-order valence-electron chi connectivity index (χ1n) is 8.78. The molecular formula is C18H26N2O5. The Bertz CT molecular complexity index is 550. The molecule has 1 aromatic carbocycles. The zero-order valence-corrected chi connectivity index (χ0v) is 14.3. The lowest BCUT2D eigenvalue weighted by molar-refractivity contribution is -0.134. The van der Waals surface area contributed by atoms with Gasteiger partial charge >= 0.3 is 0 Å². The molecule has 1 aromatic rings. The fourth-order valence-corrected chi connectivity index (χ4v) is 3.36. The molecule has 0 aromatic heterocycles. The molecule has 2 aliphatic rings. The van der Waals surface area contributed by atoms with Crippen LogP contribution in [0.2, 0.25) is 0 Å². The van der Waals surface area contributed by atoms with Crippen LogP contribution in [0.4, 0.5) is 0 Å². The molecule has 25 heavy (non-hydrogen) atoms. The number of para-hydroxylation sites is 1. The Morgan fingerprint density at radius 2 is 1.88 bits per heavy atom. The van der Waals surface area contributed by atoms with Gasteiger partial charge in [-0.2, -0.15) is 0 Å². The van der Waals surface area contributed by atoms with E-state index >= 15 is 0 Å². The number of hydrogen-bond acceptors (Lipinski definition) is 6. The monoisotopic (exact) mass is 350 g/mol. The average molecular weight is 350 g/mol. The topological polar surface area (TPSA) is 82.5 Å². The zero-order valence-electron chi connectivity index (χ0n) is 14.3. The first kappa shape index (κ1) is 18.1. The molecule has 0 unspecified atom stereocenters. The van der Waals surface area contributed by atoms with Gasteiger partial charge in [-0.1, -0.05) is 18.2 Å². The Labute approximate surface area is 147 Å². The summed E-state index contributed by atoms with van der Waals surface area (Å²) in [6.45, 7) is 3.33. The van der Waals surface area contributed by atoms with Crippen molar-refractivity contribution in [1.29, 1.82) is 0 Å². The molecule has 2 N–H and O–H groups in total. The van der Waals surface area contributed by atoms with E-state index in [2.05, 4.69) is 4.90 Å². The van der Waals surface area contributed by atoms with E-state index in [1.54, 1.807) is 17.0 Å². The van der Waals surface area contributed by atoms with Gasteiger partial charge in [0.15, 0.2) is 6.61 Å². The van der Waals surface area contributed by atoms with Gasteiger partial charge in [-0.3, -0.25) is 9.69 Å². The number of morpholine rings is 1. The van der Waals surface area contributed by atoms with Crippen LogP contribution in [0.25, 0.3) is 0 Å². The van der Waals surface area contributed by atoms with Crippen LogP contribution in [0.15, 0.2) is 30.3 Å². The molecule has 7 heteroatoms. The molecule has 2 aliphatic heterocycles. The highest BCUT2D eigenvalue weighted by molar-refractivity contribution is 5.77. The van der Waals surface area contributed by atoms with Gasteiger partial charge in [0.1, 0.15) is 5.75 Å². The molecule has 0 aliphatic carbocycles. The first-order chi connectivity index (χ1) is 12.1. The highest BCUT2D eigenvalue weighted by Crippen LogP contribution is 2.19. The van der Waals surface area contributed by atoms with Crippen molar-refractivity contribution in [2.75, 3.05) is 46.0 Å². The fraction of sp³-hybridized carbons (Fsp3) is 0.611. The molecule has 2 saturated heterocycles. The third-order valence-corrected chi connectivity index (χ3v) is 4.86. The highest BCUT2D eigenvalue weighted by atomic mass is 16.5. The number of carbonyl (C=O) groups excluding carboxylic acids is 1. The minimum absolute atomic E-state index is 0.0496. The Hall–Kier alpha value is -1.67. The van der Waals surface area contributed by atoms with E-state index in [4.69, 9.17) is 9.47 Å². The summed E-state index contributed by atoms with van der Waals surface area (Å²) in [6.07, 6.45) is -1.34. The van der Waals surface area contributed by atoms with E-state index in [0.717, 1.165) is 0 Å². The number of carbonyl (C=O) groups is 1. The van der Waals surface area contributed by atoms with Crippen molar-refractivity contribution in [1.82, 2.24) is 9.80 Å². The third-order valence-electron chi connectivity index (χ3n) is 4.86. The largest absolute Gasteiger partial charge is 0.484 e. The standard InChI is InChI=1S/C18H26N2O5/c21-16-6-7-20(17(22)13-25-14-4-2-1-3-5-14)12-15(18(16)23)19-8-10-24-11-9-19/h1-5,15-16,18,21,23H,6-13H2/t15-,16-,18+/m1/s1. The fourth-order valence-electron chi connectivity index (χ4n) is 3.36. The molecular weight excluding hydrogens is 324 g/mol. The van der Waals surface area contributed by atoms with Crippen molar-refractivity contribution >= 4 is 5.91 Å². The molecule has 1 amide bonds. The normalized spacial score (nSPS) is 28.4. The van der Waals surface area contributed by atoms with Crippen LogP contribution in [-0.4, -0.2) is 90.2 Å². The van der Waals surface area contributed by atoms with E-state index in [0.29, 0.717) is 51.6 Å². The van der Waals surface area contributed by atoms with Gasteiger partial charge in [0, 0.05) is 26.2 Å². The number of rotatable bonds is 4. The molecule has 3 atom stereocenters. The van der Waals surface area contributed by atoms with Gasteiger partial charge in [-0.05, 0) is 18.6 Å². The third kappa shape index (κ3) is 4.70. The van der Waals surface area contributed by atoms with Crippen molar-refractivity contribution in [2.45, 2.75) is 24.7 Å². The smallest absolute Gasteiger partial charge is 0.260 e. The molecule has 2 heterocycles. The van der Waals surface area contributed by atoms with Crippen molar-refractivity contribution in [3.8, 4) is 5.75 Å². The van der Waals surface area contributed by atoms with E-state index in [1.165, 1.54) is 0 Å². The Morgan fingerprint density at radius 1 is 1.16 bits per heavy atom. The van der Waals surface area contributed by atoms with Crippen LogP contribution < -0.4 is 4.74 Å². The number of amides is 1. The van der Waals surface area contributed by atoms with Gasteiger partial charge < -0.3 is 24.6 Å². The summed E-state index contributed by atoms with van der Waals surface area (Å²) in [7, 11) is 0. The summed E-state index contributed by atoms with van der Waals surface area (Å²) in [5.74, 6) is 0.513. The van der Waals surface area contributed by atoms with Crippen molar-refractivity contribution < 1.29 is 24.5 Å². The second-order valence-corrected chi connectivity index (χ2v) is 6.50. The van der Waals surface area contributed by atoms with Crippen LogP contribution in [-0.2, 0) is 9.53 Å². The Balaban J connectivity index is 1.62. The van der Waals surface area contributed by atoms with Gasteiger partial charge in [0.05, 0.1) is 31.5 Å². The molecule has 2 fully saturated rings. The van der Waals surface area contributed by atoms with Gasteiger partial charge in [0.2, 0.25) is 0 Å². The minimum Gasteiger partial charge on any atom is -0.484 e. The molecule has 0 spiro atoms. The molecule has 3 rings (SSSR count). The molecule has 0 saturated carbocycles. The number of ether oxygens (including phenoxy) is 2. The number of benzene rings is 1. The number of nitrogens with zero attached hydrogens (tertiary/aromatic N) is 2. The average Bonchev–Trinajstić information content (AvgIpc) is 2.81. The van der Waals surface area contributed by atoms with E-state index in [9.17, 15) is 15.0 Å². The maximum absolute atomic E-state index is 12.6. The van der Waals surface area contributed by atoms with E-state index < -0.39 is 12.2 Å². The van der Waals surface area contributed by atoms with Gasteiger partial charge in [-0.15, -0.1) is 0 Å². The number of hydrogen-bond donors (Lipinski definition) is 2. The summed E-state index contributed by atoms with van der Waals surface area (Å²) >= 11 is 0. The predicted octanol–water partition coefficient (Wildman–Crippen LogP) is -0.280. The lowest BCUT2D eigenvalue weighted by atomic mass is 10.0. The summed E-state index contributed by atoms with van der Waals surface area (Å²) in [5, 5.41) is 20.7. The first-order valence-corrected chi connectivity index (χ1v) is 8.78. The maximum atomic E-state index is 12.6. The lowest BCUT2D eigenvalue weighted by Crippen LogP contribution is -2.55.